The number of rotatable bonds is 13. The van der Waals surface area contributed by atoms with E-state index in [2.05, 4.69) is 44.0 Å². The lowest BCUT2D eigenvalue weighted by Crippen LogP contribution is -2.48. The van der Waals surface area contributed by atoms with E-state index in [9.17, 15) is 23.1 Å². The highest BCUT2D eigenvalue weighted by atomic mass is 32.2. The van der Waals surface area contributed by atoms with E-state index in [4.69, 9.17) is 0 Å². The highest BCUT2D eigenvalue weighted by molar-refractivity contribution is 7.90. The third-order valence-electron chi connectivity index (χ3n) is 8.41. The van der Waals surface area contributed by atoms with Crippen molar-refractivity contribution in [2.45, 2.75) is 104 Å². The topological polar surface area (TPSA) is 104 Å². The Labute approximate surface area is 246 Å². The molecule has 7 nitrogen and oxygen atoms in total. The Balaban J connectivity index is 1.94. The van der Waals surface area contributed by atoms with E-state index in [0.29, 0.717) is 11.6 Å². The molecule has 0 unspecified atom stereocenters. The monoisotopic (exact) mass is 584 g/mol. The first-order chi connectivity index (χ1) is 19.2. The van der Waals surface area contributed by atoms with Gasteiger partial charge in [0.15, 0.2) is 0 Å². The zero-order valence-electron chi connectivity index (χ0n) is 25.6. The molecule has 0 bridgehead atoms. The minimum atomic E-state index is -3.38. The number of benzene rings is 2. The van der Waals surface area contributed by atoms with E-state index in [0.717, 1.165) is 47.4 Å². The van der Waals surface area contributed by atoms with Gasteiger partial charge < -0.3 is 10.4 Å². The van der Waals surface area contributed by atoms with E-state index in [1.165, 1.54) is 32.1 Å². The number of aryl methyl sites for hydroxylation is 1. The molecule has 2 N–H and O–H groups in total. The Kier molecular flexibility index (Phi) is 11.2. The Hall–Kier alpha value is -2.71. The fourth-order valence-corrected chi connectivity index (χ4v) is 6.98. The number of aliphatic carboxylic acids is 1. The van der Waals surface area contributed by atoms with Gasteiger partial charge in [0.2, 0.25) is 0 Å². The van der Waals surface area contributed by atoms with Crippen LogP contribution in [-0.2, 0) is 21.2 Å². The third kappa shape index (κ3) is 9.40. The predicted octanol–water partition coefficient (Wildman–Crippen LogP) is 6.24. The fourth-order valence-electron chi connectivity index (χ4n) is 6.32. The minimum Gasteiger partial charge on any atom is -0.480 e. The van der Waals surface area contributed by atoms with Gasteiger partial charge in [-0.15, -0.1) is 0 Å². The van der Waals surface area contributed by atoms with Crippen LogP contribution in [0.25, 0.3) is 11.1 Å². The maximum atomic E-state index is 13.5. The van der Waals surface area contributed by atoms with Crippen molar-refractivity contribution < 1.29 is 23.1 Å². The normalized spacial score (nSPS) is 15.7. The molecular weight excluding hydrogens is 536 g/mol. The van der Waals surface area contributed by atoms with Crippen LogP contribution < -0.4 is 5.32 Å². The SMILES string of the molecule is Cc1ccccc1-c1cc(CN(C(C)C)C(C)(C)CC2CCCCC2)ccc1C(=O)N[C@@H](CCS(C)(=O)=O)C(=O)O. The summed E-state index contributed by atoms with van der Waals surface area (Å²) in [4.78, 5) is 27.9. The second-order valence-corrected chi connectivity index (χ2v) is 15.0. The van der Waals surface area contributed by atoms with Gasteiger partial charge in [-0.1, -0.05) is 62.4 Å². The van der Waals surface area contributed by atoms with Gasteiger partial charge in [-0.3, -0.25) is 9.69 Å². The van der Waals surface area contributed by atoms with Crippen LogP contribution >= 0.6 is 0 Å². The number of amides is 1. The van der Waals surface area contributed by atoms with Crippen molar-refractivity contribution >= 4 is 21.7 Å². The van der Waals surface area contributed by atoms with E-state index >= 15 is 0 Å². The molecule has 1 fully saturated rings. The first kappa shape index (κ1) is 32.8. The number of sulfone groups is 1. The maximum Gasteiger partial charge on any atom is 0.326 e. The summed E-state index contributed by atoms with van der Waals surface area (Å²) in [6.45, 7) is 11.9. The zero-order valence-corrected chi connectivity index (χ0v) is 26.4. The molecule has 0 aliphatic heterocycles. The standard InChI is InChI=1S/C33H48N2O5S/c1-23(2)35(33(4,5)21-25-13-8-7-9-14-25)22-26-16-17-28(29(20-26)27-15-11-10-12-24(27)3)31(36)34-30(32(37)38)18-19-41(6,39)40/h10-12,15-17,20,23,25,30H,7-9,13-14,18-19,21-22H2,1-6H3,(H,34,36)(H,37,38)/t30-/m0/s1. The van der Waals surface area contributed by atoms with Crippen molar-refractivity contribution in [3.8, 4) is 11.1 Å². The van der Waals surface area contributed by atoms with Crippen molar-refractivity contribution in [2.75, 3.05) is 12.0 Å². The number of carboxylic acid groups (broad SMARTS) is 1. The van der Waals surface area contributed by atoms with Crippen LogP contribution in [-0.4, -0.2) is 59.9 Å². The Bertz CT molecular complexity index is 1310. The Morgan fingerprint density at radius 1 is 1.05 bits per heavy atom. The summed E-state index contributed by atoms with van der Waals surface area (Å²) in [6, 6.07) is 12.6. The van der Waals surface area contributed by atoms with E-state index in [1.807, 2.05) is 37.3 Å². The Morgan fingerprint density at radius 2 is 1.71 bits per heavy atom. The molecule has 0 spiro atoms. The van der Waals surface area contributed by atoms with E-state index in [1.54, 1.807) is 6.07 Å². The molecule has 0 saturated heterocycles. The summed E-state index contributed by atoms with van der Waals surface area (Å²) >= 11 is 0. The lowest BCUT2D eigenvalue weighted by Gasteiger charge is -2.44. The number of carbonyl (C=O) groups excluding carboxylic acids is 1. The summed E-state index contributed by atoms with van der Waals surface area (Å²) in [5, 5.41) is 12.2. The highest BCUT2D eigenvalue weighted by Crippen LogP contribution is 2.36. The largest absolute Gasteiger partial charge is 0.480 e. The van der Waals surface area contributed by atoms with Crippen molar-refractivity contribution in [1.82, 2.24) is 10.2 Å². The zero-order chi connectivity index (χ0) is 30.4. The summed E-state index contributed by atoms with van der Waals surface area (Å²) in [5.41, 5.74) is 4.09. The van der Waals surface area contributed by atoms with Gasteiger partial charge in [0.1, 0.15) is 15.9 Å². The molecule has 2 aromatic rings. The second kappa shape index (κ2) is 14.0. The van der Waals surface area contributed by atoms with Gasteiger partial charge in [0.05, 0.1) is 5.75 Å². The minimum absolute atomic E-state index is 0.00334. The van der Waals surface area contributed by atoms with Crippen molar-refractivity contribution in [3.05, 3.63) is 59.2 Å². The van der Waals surface area contributed by atoms with Crippen LogP contribution in [0.1, 0.15) is 94.1 Å². The van der Waals surface area contributed by atoms with Crippen molar-refractivity contribution in [3.63, 3.8) is 0 Å². The van der Waals surface area contributed by atoms with Crippen LogP contribution in [0.2, 0.25) is 0 Å². The van der Waals surface area contributed by atoms with E-state index < -0.39 is 27.8 Å². The van der Waals surface area contributed by atoms with E-state index in [-0.39, 0.29) is 17.7 Å². The quantitative estimate of drug-likeness (QED) is 0.289. The average molecular weight is 585 g/mol. The number of carbonyl (C=O) groups is 2. The molecular formula is C33H48N2O5S. The molecule has 226 valence electrons. The first-order valence-corrected chi connectivity index (χ1v) is 16.9. The van der Waals surface area contributed by atoms with Crippen LogP contribution in [0.15, 0.2) is 42.5 Å². The summed E-state index contributed by atoms with van der Waals surface area (Å²) in [7, 11) is -3.38. The lowest BCUT2D eigenvalue weighted by atomic mass is 9.79. The molecule has 1 aliphatic carbocycles. The fraction of sp³-hybridized carbons (Fsp3) is 0.576. The second-order valence-electron chi connectivity index (χ2n) is 12.7. The lowest BCUT2D eigenvalue weighted by molar-refractivity contribution is -0.139. The van der Waals surface area contributed by atoms with Gasteiger partial charge in [-0.2, -0.15) is 0 Å². The number of hydrogen-bond acceptors (Lipinski definition) is 5. The molecule has 0 radical (unpaired) electrons. The molecule has 3 rings (SSSR count). The molecule has 1 amide bonds. The van der Waals surface area contributed by atoms with Crippen molar-refractivity contribution in [2.24, 2.45) is 5.92 Å². The molecule has 8 heteroatoms. The van der Waals surface area contributed by atoms with Gasteiger partial charge in [0, 0.05) is 29.9 Å². The number of carboxylic acids is 1. The van der Waals surface area contributed by atoms with Crippen LogP contribution in [0.3, 0.4) is 0 Å². The highest BCUT2D eigenvalue weighted by Gasteiger charge is 2.32. The first-order valence-electron chi connectivity index (χ1n) is 14.8. The van der Waals surface area contributed by atoms with Crippen LogP contribution in [0, 0.1) is 12.8 Å². The third-order valence-corrected chi connectivity index (χ3v) is 9.39. The molecule has 41 heavy (non-hydrogen) atoms. The summed E-state index contributed by atoms with van der Waals surface area (Å²) in [6.07, 6.45) is 8.61. The molecule has 1 atom stereocenters. The van der Waals surface area contributed by atoms with Crippen molar-refractivity contribution in [1.29, 1.82) is 0 Å². The van der Waals surface area contributed by atoms with Crippen LogP contribution in [0.4, 0.5) is 0 Å². The number of nitrogens with one attached hydrogen (secondary N) is 1. The number of hydrogen-bond donors (Lipinski definition) is 2. The maximum absolute atomic E-state index is 13.5. The summed E-state index contributed by atoms with van der Waals surface area (Å²) < 4.78 is 23.3. The predicted molar refractivity (Wildman–Crippen MR) is 166 cm³/mol. The molecule has 0 heterocycles. The van der Waals surface area contributed by atoms with Gasteiger partial charge in [-0.25, -0.2) is 13.2 Å². The Morgan fingerprint density at radius 3 is 2.29 bits per heavy atom. The number of nitrogens with zero attached hydrogens (tertiary/aromatic N) is 1. The molecule has 2 aromatic carbocycles. The van der Waals surface area contributed by atoms with Gasteiger partial charge in [-0.05, 0) is 87.8 Å². The summed E-state index contributed by atoms with van der Waals surface area (Å²) in [5.74, 6) is -1.37. The van der Waals surface area contributed by atoms with Crippen LogP contribution in [0.5, 0.6) is 0 Å². The molecule has 0 aromatic heterocycles. The molecule has 1 saturated carbocycles. The smallest absolute Gasteiger partial charge is 0.326 e. The molecule has 1 aliphatic rings. The van der Waals surface area contributed by atoms with Gasteiger partial charge >= 0.3 is 5.97 Å². The average Bonchev–Trinajstić information content (AvgIpc) is 2.89. The van der Waals surface area contributed by atoms with Gasteiger partial charge in [0.25, 0.3) is 5.91 Å².